The van der Waals surface area contributed by atoms with Gasteiger partial charge in [-0.25, -0.2) is 5.90 Å². The standard InChI is InChI=1S/C11H14BrNO2/c1-14-11-6-5-9(8-10(11)12)4-2-3-7-15-13/h2,4-6,8H,3,7,13H2,1H3/b4-2+. The summed E-state index contributed by atoms with van der Waals surface area (Å²) in [7, 11) is 1.65. The number of hydrogen-bond donors (Lipinski definition) is 1. The quantitative estimate of drug-likeness (QED) is 0.662. The second-order valence-electron chi connectivity index (χ2n) is 2.96. The van der Waals surface area contributed by atoms with Gasteiger partial charge in [-0.2, -0.15) is 0 Å². The molecule has 1 aromatic carbocycles. The number of ether oxygens (including phenoxy) is 1. The van der Waals surface area contributed by atoms with Crippen LogP contribution in [0.4, 0.5) is 0 Å². The molecule has 0 aliphatic heterocycles. The maximum Gasteiger partial charge on any atom is 0.133 e. The third kappa shape index (κ3) is 4.03. The van der Waals surface area contributed by atoms with Crippen LogP contribution in [0.25, 0.3) is 6.08 Å². The van der Waals surface area contributed by atoms with E-state index in [1.807, 2.05) is 30.4 Å². The summed E-state index contributed by atoms with van der Waals surface area (Å²) in [4.78, 5) is 4.46. The zero-order valence-electron chi connectivity index (χ0n) is 8.57. The minimum Gasteiger partial charge on any atom is -0.496 e. The lowest BCUT2D eigenvalue weighted by Crippen LogP contribution is -1.98. The molecule has 0 atom stereocenters. The van der Waals surface area contributed by atoms with E-state index in [0.29, 0.717) is 6.61 Å². The zero-order chi connectivity index (χ0) is 11.1. The lowest BCUT2D eigenvalue weighted by molar-refractivity contribution is 0.143. The van der Waals surface area contributed by atoms with Crippen molar-refractivity contribution in [1.82, 2.24) is 0 Å². The zero-order valence-corrected chi connectivity index (χ0v) is 10.2. The first kappa shape index (κ1) is 12.2. The van der Waals surface area contributed by atoms with Gasteiger partial charge in [0.25, 0.3) is 0 Å². The van der Waals surface area contributed by atoms with Crippen molar-refractivity contribution in [2.24, 2.45) is 5.90 Å². The molecule has 0 amide bonds. The van der Waals surface area contributed by atoms with Crippen LogP contribution in [0.5, 0.6) is 5.75 Å². The average Bonchev–Trinajstić information content (AvgIpc) is 2.25. The molecule has 2 N–H and O–H groups in total. The van der Waals surface area contributed by atoms with Crippen LogP contribution in [0, 0.1) is 0 Å². The van der Waals surface area contributed by atoms with Crippen molar-refractivity contribution >= 4 is 22.0 Å². The Bertz CT molecular complexity index is 339. The molecule has 1 rings (SSSR count). The molecule has 3 nitrogen and oxygen atoms in total. The Hall–Kier alpha value is -0.840. The SMILES string of the molecule is COc1ccc(/C=C/CCON)cc1Br. The van der Waals surface area contributed by atoms with Gasteiger partial charge in [0, 0.05) is 0 Å². The number of hydrogen-bond acceptors (Lipinski definition) is 3. The number of halogens is 1. The van der Waals surface area contributed by atoms with E-state index in [9.17, 15) is 0 Å². The van der Waals surface area contributed by atoms with E-state index in [-0.39, 0.29) is 0 Å². The molecule has 0 aliphatic carbocycles. The fourth-order valence-corrected chi connectivity index (χ4v) is 1.70. The molecule has 82 valence electrons. The molecule has 0 aliphatic rings. The summed E-state index contributed by atoms with van der Waals surface area (Å²) in [6, 6.07) is 5.91. The summed E-state index contributed by atoms with van der Waals surface area (Å²) in [5.74, 6) is 5.74. The van der Waals surface area contributed by atoms with Gasteiger partial charge in [0.2, 0.25) is 0 Å². The third-order valence-corrected chi connectivity index (χ3v) is 2.51. The van der Waals surface area contributed by atoms with Crippen molar-refractivity contribution in [2.45, 2.75) is 6.42 Å². The molecule has 1 aromatic rings. The van der Waals surface area contributed by atoms with Gasteiger partial charge in [-0.3, -0.25) is 0 Å². The number of nitrogens with two attached hydrogens (primary N) is 1. The largest absolute Gasteiger partial charge is 0.496 e. The summed E-state index contributed by atoms with van der Waals surface area (Å²) in [5.41, 5.74) is 1.11. The van der Waals surface area contributed by atoms with Crippen molar-refractivity contribution < 1.29 is 9.57 Å². The van der Waals surface area contributed by atoms with E-state index in [0.717, 1.165) is 22.2 Å². The Morgan fingerprint density at radius 3 is 2.87 bits per heavy atom. The molecule has 0 radical (unpaired) electrons. The predicted octanol–water partition coefficient (Wildman–Crippen LogP) is 2.75. The van der Waals surface area contributed by atoms with Crippen molar-refractivity contribution in [1.29, 1.82) is 0 Å². The van der Waals surface area contributed by atoms with E-state index < -0.39 is 0 Å². The summed E-state index contributed by atoms with van der Waals surface area (Å²) in [5, 5.41) is 0. The fourth-order valence-electron chi connectivity index (χ4n) is 1.14. The van der Waals surface area contributed by atoms with Gasteiger partial charge in [0.15, 0.2) is 0 Å². The van der Waals surface area contributed by atoms with Crippen molar-refractivity contribution in [3.63, 3.8) is 0 Å². The highest BCUT2D eigenvalue weighted by molar-refractivity contribution is 9.10. The van der Waals surface area contributed by atoms with Gasteiger partial charge in [0.1, 0.15) is 5.75 Å². The van der Waals surface area contributed by atoms with Crippen LogP contribution in [0.15, 0.2) is 28.7 Å². The Morgan fingerprint density at radius 1 is 1.47 bits per heavy atom. The Kier molecular flexibility index (Phi) is 5.39. The average molecular weight is 272 g/mol. The van der Waals surface area contributed by atoms with E-state index in [4.69, 9.17) is 10.6 Å². The lowest BCUT2D eigenvalue weighted by Gasteiger charge is -2.03. The van der Waals surface area contributed by atoms with Crippen LogP contribution >= 0.6 is 15.9 Å². The van der Waals surface area contributed by atoms with Crippen LogP contribution in [0.2, 0.25) is 0 Å². The molecule has 0 heterocycles. The smallest absolute Gasteiger partial charge is 0.133 e. The Balaban J connectivity index is 2.63. The normalized spacial score (nSPS) is 10.9. The highest BCUT2D eigenvalue weighted by Crippen LogP contribution is 2.25. The topological polar surface area (TPSA) is 44.5 Å². The van der Waals surface area contributed by atoms with Gasteiger partial charge in [-0.05, 0) is 40.0 Å². The molecule has 0 saturated heterocycles. The van der Waals surface area contributed by atoms with Crippen LogP contribution < -0.4 is 10.6 Å². The van der Waals surface area contributed by atoms with Gasteiger partial charge in [0.05, 0.1) is 18.2 Å². The first-order chi connectivity index (χ1) is 7.27. The third-order valence-electron chi connectivity index (χ3n) is 1.89. The molecule has 15 heavy (non-hydrogen) atoms. The van der Waals surface area contributed by atoms with Gasteiger partial charge < -0.3 is 9.57 Å². The second-order valence-corrected chi connectivity index (χ2v) is 3.81. The van der Waals surface area contributed by atoms with Crippen LogP contribution in [0.1, 0.15) is 12.0 Å². The predicted molar refractivity (Wildman–Crippen MR) is 64.5 cm³/mol. The molecule has 0 spiro atoms. The Morgan fingerprint density at radius 2 is 2.27 bits per heavy atom. The molecule has 0 aromatic heterocycles. The summed E-state index contributed by atoms with van der Waals surface area (Å²) >= 11 is 3.43. The number of methoxy groups -OCH3 is 1. The summed E-state index contributed by atoms with van der Waals surface area (Å²) in [6.07, 6.45) is 4.84. The first-order valence-electron chi connectivity index (χ1n) is 4.59. The monoisotopic (exact) mass is 271 g/mol. The van der Waals surface area contributed by atoms with E-state index in [2.05, 4.69) is 20.8 Å². The van der Waals surface area contributed by atoms with Crippen molar-refractivity contribution in [2.75, 3.05) is 13.7 Å². The summed E-state index contributed by atoms with van der Waals surface area (Å²) < 4.78 is 6.08. The molecular formula is C11H14BrNO2. The maximum atomic E-state index is 5.14. The fraction of sp³-hybridized carbons (Fsp3) is 0.273. The summed E-state index contributed by atoms with van der Waals surface area (Å²) in [6.45, 7) is 0.536. The van der Waals surface area contributed by atoms with Gasteiger partial charge in [-0.15, -0.1) is 0 Å². The maximum absolute atomic E-state index is 5.14. The van der Waals surface area contributed by atoms with Crippen molar-refractivity contribution in [3.8, 4) is 5.75 Å². The minimum absolute atomic E-state index is 0.536. The molecular weight excluding hydrogens is 258 g/mol. The molecule has 0 saturated carbocycles. The molecule has 0 fully saturated rings. The number of benzene rings is 1. The lowest BCUT2D eigenvalue weighted by atomic mass is 10.2. The van der Waals surface area contributed by atoms with Crippen molar-refractivity contribution in [3.05, 3.63) is 34.3 Å². The van der Waals surface area contributed by atoms with E-state index in [1.165, 1.54) is 0 Å². The minimum atomic E-state index is 0.536. The highest BCUT2D eigenvalue weighted by atomic mass is 79.9. The molecule has 4 heteroatoms. The van der Waals surface area contributed by atoms with Crippen LogP contribution in [-0.2, 0) is 4.84 Å². The van der Waals surface area contributed by atoms with Crippen LogP contribution in [0.3, 0.4) is 0 Å². The van der Waals surface area contributed by atoms with E-state index >= 15 is 0 Å². The number of rotatable bonds is 5. The highest BCUT2D eigenvalue weighted by Gasteiger charge is 1.98. The van der Waals surface area contributed by atoms with Gasteiger partial charge >= 0.3 is 0 Å². The Labute approximate surface area is 98.0 Å². The van der Waals surface area contributed by atoms with E-state index in [1.54, 1.807) is 7.11 Å². The first-order valence-corrected chi connectivity index (χ1v) is 5.39. The molecule has 0 bridgehead atoms. The molecule has 0 unspecified atom stereocenters. The van der Waals surface area contributed by atoms with Crippen LogP contribution in [-0.4, -0.2) is 13.7 Å². The second kappa shape index (κ2) is 6.61. The van der Waals surface area contributed by atoms with Gasteiger partial charge in [-0.1, -0.05) is 18.2 Å².